The maximum atomic E-state index is 12.0. The highest BCUT2D eigenvalue weighted by Crippen LogP contribution is 2.29. The van der Waals surface area contributed by atoms with Crippen molar-refractivity contribution < 1.29 is 9.53 Å². The molecule has 1 aromatic rings. The van der Waals surface area contributed by atoms with Crippen molar-refractivity contribution in [2.24, 2.45) is 11.7 Å². The van der Waals surface area contributed by atoms with Gasteiger partial charge in [-0.05, 0) is 36.5 Å². The molecule has 1 aliphatic rings. The van der Waals surface area contributed by atoms with E-state index in [4.69, 9.17) is 10.5 Å². The van der Waals surface area contributed by atoms with Gasteiger partial charge in [-0.2, -0.15) is 0 Å². The lowest BCUT2D eigenvalue weighted by atomic mass is 9.85. The number of hydrogen-bond donors (Lipinski definition) is 2. The van der Waals surface area contributed by atoms with Crippen molar-refractivity contribution in [2.45, 2.75) is 51.7 Å². The zero-order valence-corrected chi connectivity index (χ0v) is 12.8. The number of carbonyl (C=O) groups is 1. The van der Waals surface area contributed by atoms with E-state index >= 15 is 0 Å². The van der Waals surface area contributed by atoms with Crippen molar-refractivity contribution >= 4 is 11.6 Å². The third-order valence-electron chi connectivity index (χ3n) is 4.24. The van der Waals surface area contributed by atoms with E-state index in [0.717, 1.165) is 24.1 Å². The highest BCUT2D eigenvalue weighted by Gasteiger charge is 2.24. The monoisotopic (exact) mass is 290 g/mol. The molecule has 0 aliphatic heterocycles. The van der Waals surface area contributed by atoms with Gasteiger partial charge in [0.25, 0.3) is 0 Å². The first-order valence-electron chi connectivity index (χ1n) is 7.93. The molecule has 0 heterocycles. The lowest BCUT2D eigenvalue weighted by Gasteiger charge is -2.30. The van der Waals surface area contributed by atoms with E-state index in [1.807, 2.05) is 24.3 Å². The standard InChI is InChI=1S/C17H26N2O2/c1-2-14-7-3-4-9-16(14)21-12-17(20)19-15-8-5-6-13(10-15)11-18/h5-6,8,10,14,16H,2-4,7,9,11-12,18H2,1H3,(H,19,20). The fourth-order valence-electron chi connectivity index (χ4n) is 3.02. The third kappa shape index (κ3) is 4.83. The van der Waals surface area contributed by atoms with E-state index in [1.165, 1.54) is 19.3 Å². The Kier molecular flexibility index (Phi) is 6.21. The van der Waals surface area contributed by atoms with Crippen molar-refractivity contribution in [3.05, 3.63) is 29.8 Å². The topological polar surface area (TPSA) is 64.3 Å². The van der Waals surface area contributed by atoms with Gasteiger partial charge in [0.2, 0.25) is 5.91 Å². The summed E-state index contributed by atoms with van der Waals surface area (Å²) in [5.74, 6) is 0.511. The second-order valence-electron chi connectivity index (χ2n) is 5.75. The number of nitrogens with two attached hydrogens (primary N) is 1. The van der Waals surface area contributed by atoms with Gasteiger partial charge in [-0.25, -0.2) is 0 Å². The first kappa shape index (κ1) is 16.0. The smallest absolute Gasteiger partial charge is 0.250 e. The number of hydrogen-bond acceptors (Lipinski definition) is 3. The minimum Gasteiger partial charge on any atom is -0.368 e. The van der Waals surface area contributed by atoms with E-state index in [1.54, 1.807) is 0 Å². The molecule has 0 radical (unpaired) electrons. The number of nitrogens with one attached hydrogen (secondary N) is 1. The Morgan fingerprint density at radius 3 is 2.95 bits per heavy atom. The largest absolute Gasteiger partial charge is 0.368 e. The van der Waals surface area contributed by atoms with E-state index in [0.29, 0.717) is 12.5 Å². The SMILES string of the molecule is CCC1CCCCC1OCC(=O)Nc1cccc(CN)c1. The molecule has 0 saturated heterocycles. The second kappa shape index (κ2) is 8.15. The number of benzene rings is 1. The van der Waals surface area contributed by atoms with Gasteiger partial charge in [0.1, 0.15) is 6.61 Å². The van der Waals surface area contributed by atoms with E-state index in [-0.39, 0.29) is 18.6 Å². The van der Waals surface area contributed by atoms with Crippen LogP contribution in [0.5, 0.6) is 0 Å². The summed E-state index contributed by atoms with van der Waals surface area (Å²) in [6.45, 7) is 2.80. The van der Waals surface area contributed by atoms with Crippen LogP contribution in [0.15, 0.2) is 24.3 Å². The predicted molar refractivity (Wildman–Crippen MR) is 85.0 cm³/mol. The molecule has 2 unspecified atom stereocenters. The Hall–Kier alpha value is -1.39. The Labute approximate surface area is 127 Å². The quantitative estimate of drug-likeness (QED) is 0.846. The van der Waals surface area contributed by atoms with E-state index < -0.39 is 0 Å². The van der Waals surface area contributed by atoms with Crippen LogP contribution in [0, 0.1) is 5.92 Å². The lowest BCUT2D eigenvalue weighted by molar-refractivity contribution is -0.124. The van der Waals surface area contributed by atoms with Crippen molar-refractivity contribution in [1.29, 1.82) is 0 Å². The van der Waals surface area contributed by atoms with Crippen LogP contribution in [0.25, 0.3) is 0 Å². The zero-order valence-electron chi connectivity index (χ0n) is 12.8. The van der Waals surface area contributed by atoms with Gasteiger partial charge in [-0.3, -0.25) is 4.79 Å². The van der Waals surface area contributed by atoms with Crippen LogP contribution in [-0.2, 0) is 16.1 Å². The summed E-state index contributed by atoms with van der Waals surface area (Å²) in [7, 11) is 0. The van der Waals surface area contributed by atoms with Crippen LogP contribution in [-0.4, -0.2) is 18.6 Å². The number of carbonyl (C=O) groups excluding carboxylic acids is 1. The minimum atomic E-state index is -0.0930. The fraction of sp³-hybridized carbons (Fsp3) is 0.588. The molecule has 1 aliphatic carbocycles. The molecule has 3 N–H and O–H groups in total. The van der Waals surface area contributed by atoms with Crippen molar-refractivity contribution in [2.75, 3.05) is 11.9 Å². The molecule has 0 spiro atoms. The highest BCUT2D eigenvalue weighted by atomic mass is 16.5. The minimum absolute atomic E-state index is 0.0930. The van der Waals surface area contributed by atoms with Gasteiger partial charge in [0, 0.05) is 12.2 Å². The van der Waals surface area contributed by atoms with Crippen LogP contribution >= 0.6 is 0 Å². The summed E-state index contributed by atoms with van der Waals surface area (Å²) in [6, 6.07) is 7.60. The molecular formula is C17H26N2O2. The average molecular weight is 290 g/mol. The van der Waals surface area contributed by atoms with E-state index in [9.17, 15) is 4.79 Å². The fourth-order valence-corrected chi connectivity index (χ4v) is 3.02. The molecule has 4 nitrogen and oxygen atoms in total. The van der Waals surface area contributed by atoms with Gasteiger partial charge >= 0.3 is 0 Å². The van der Waals surface area contributed by atoms with Crippen molar-refractivity contribution in [3.63, 3.8) is 0 Å². The highest BCUT2D eigenvalue weighted by molar-refractivity contribution is 5.91. The van der Waals surface area contributed by atoms with Crippen LogP contribution in [0.3, 0.4) is 0 Å². The van der Waals surface area contributed by atoms with Crippen molar-refractivity contribution in [3.8, 4) is 0 Å². The van der Waals surface area contributed by atoms with Gasteiger partial charge in [-0.1, -0.05) is 38.3 Å². The maximum Gasteiger partial charge on any atom is 0.250 e. The van der Waals surface area contributed by atoms with Crippen LogP contribution in [0.1, 0.15) is 44.6 Å². The summed E-state index contributed by atoms with van der Waals surface area (Å²) in [6.07, 6.45) is 6.17. The number of amides is 1. The molecule has 2 atom stereocenters. The molecule has 1 amide bonds. The molecular weight excluding hydrogens is 264 g/mol. The number of anilines is 1. The molecule has 116 valence electrons. The van der Waals surface area contributed by atoms with Crippen LogP contribution < -0.4 is 11.1 Å². The molecule has 2 rings (SSSR count). The summed E-state index contributed by atoms with van der Waals surface area (Å²) in [4.78, 5) is 12.0. The summed E-state index contributed by atoms with van der Waals surface area (Å²) < 4.78 is 5.84. The van der Waals surface area contributed by atoms with Gasteiger partial charge in [0.15, 0.2) is 0 Å². The molecule has 21 heavy (non-hydrogen) atoms. The maximum absolute atomic E-state index is 12.0. The summed E-state index contributed by atoms with van der Waals surface area (Å²) in [5, 5.41) is 2.87. The molecule has 1 aromatic carbocycles. The summed E-state index contributed by atoms with van der Waals surface area (Å²) in [5.41, 5.74) is 7.39. The average Bonchev–Trinajstić information content (AvgIpc) is 2.53. The Morgan fingerprint density at radius 1 is 1.38 bits per heavy atom. The molecule has 1 fully saturated rings. The number of rotatable bonds is 6. The first-order chi connectivity index (χ1) is 10.2. The first-order valence-corrected chi connectivity index (χ1v) is 7.93. The van der Waals surface area contributed by atoms with Gasteiger partial charge < -0.3 is 15.8 Å². The number of ether oxygens (including phenoxy) is 1. The molecule has 0 aromatic heterocycles. The second-order valence-corrected chi connectivity index (χ2v) is 5.75. The normalized spacial score (nSPS) is 22.0. The zero-order chi connectivity index (χ0) is 15.1. The van der Waals surface area contributed by atoms with Gasteiger partial charge in [-0.15, -0.1) is 0 Å². The lowest BCUT2D eigenvalue weighted by Crippen LogP contribution is -2.31. The molecule has 0 bridgehead atoms. The van der Waals surface area contributed by atoms with Crippen LogP contribution in [0.2, 0.25) is 0 Å². The van der Waals surface area contributed by atoms with E-state index in [2.05, 4.69) is 12.2 Å². The molecule has 1 saturated carbocycles. The third-order valence-corrected chi connectivity index (χ3v) is 4.24. The Balaban J connectivity index is 1.81. The Morgan fingerprint density at radius 2 is 2.19 bits per heavy atom. The van der Waals surface area contributed by atoms with Gasteiger partial charge in [0.05, 0.1) is 6.10 Å². The summed E-state index contributed by atoms with van der Waals surface area (Å²) >= 11 is 0. The van der Waals surface area contributed by atoms with Crippen LogP contribution in [0.4, 0.5) is 5.69 Å². The molecule has 4 heteroatoms. The van der Waals surface area contributed by atoms with Crippen molar-refractivity contribution in [1.82, 2.24) is 0 Å². The predicted octanol–water partition coefficient (Wildman–Crippen LogP) is 3.07. The Bertz CT molecular complexity index is 462.